The first-order chi connectivity index (χ1) is 14.5. The zero-order valence-electron chi connectivity index (χ0n) is 17.7. The van der Waals surface area contributed by atoms with Gasteiger partial charge in [0.2, 0.25) is 0 Å². The van der Waals surface area contributed by atoms with E-state index in [9.17, 15) is 9.59 Å². The molecule has 5 rings (SSSR count). The summed E-state index contributed by atoms with van der Waals surface area (Å²) in [6.07, 6.45) is 15.8. The zero-order valence-corrected chi connectivity index (χ0v) is 17.7. The summed E-state index contributed by atoms with van der Waals surface area (Å²) < 4.78 is 6.18. The van der Waals surface area contributed by atoms with Crippen LogP contribution in [0.3, 0.4) is 0 Å². The number of hydrogen-bond donors (Lipinski definition) is 0. The Balaban J connectivity index is 1.42. The Morgan fingerprint density at radius 1 is 1.07 bits per heavy atom. The maximum absolute atomic E-state index is 12.9. The second-order valence-electron chi connectivity index (χ2n) is 10.0. The first kappa shape index (κ1) is 19.6. The van der Waals surface area contributed by atoms with Crippen LogP contribution in [0.4, 0.5) is 0 Å². The average Bonchev–Trinajstić information content (AvgIpc) is 3.06. The SMILES string of the molecule is C#C[C@@]1(OC(=O)c2ccccc2)CC[C@H]2[C@@H]3CCC4=CC(=O)CC[C@@H]4[C@H]3CC[C@@]21C. The van der Waals surface area contributed by atoms with E-state index in [4.69, 9.17) is 11.2 Å². The molecule has 4 aliphatic carbocycles. The minimum absolute atomic E-state index is 0.181. The van der Waals surface area contributed by atoms with Gasteiger partial charge < -0.3 is 4.74 Å². The minimum atomic E-state index is -0.825. The molecule has 0 N–H and O–H groups in total. The smallest absolute Gasteiger partial charge is 0.339 e. The number of fused-ring (bicyclic) bond motifs is 5. The summed E-state index contributed by atoms with van der Waals surface area (Å²) in [6, 6.07) is 9.18. The van der Waals surface area contributed by atoms with Crippen molar-refractivity contribution in [2.24, 2.45) is 29.1 Å². The Labute approximate surface area is 179 Å². The molecule has 3 nitrogen and oxygen atoms in total. The zero-order chi connectivity index (χ0) is 20.9. The molecule has 6 atom stereocenters. The number of ether oxygens (including phenoxy) is 1. The van der Waals surface area contributed by atoms with Crippen molar-refractivity contribution in [2.45, 2.75) is 63.9 Å². The lowest BCUT2D eigenvalue weighted by atomic mass is 9.50. The standard InChI is InChI=1S/C27H30O3/c1-3-27(30-25(29)18-7-5-4-6-8-18)16-14-24-23-11-9-19-17-20(28)10-12-21(19)22(23)13-15-26(24,27)2/h1,4-8,17,21-24H,9-16H2,2H3/t21-,22+,23+,24-,26-,27+/m0/s1. The molecular weight excluding hydrogens is 372 g/mol. The summed E-state index contributed by atoms with van der Waals surface area (Å²) >= 11 is 0. The number of carbonyl (C=O) groups excluding carboxylic acids is 2. The first-order valence-corrected chi connectivity index (χ1v) is 11.5. The van der Waals surface area contributed by atoms with E-state index in [-0.39, 0.29) is 11.4 Å². The minimum Gasteiger partial charge on any atom is -0.442 e. The number of rotatable bonds is 2. The summed E-state index contributed by atoms with van der Waals surface area (Å²) in [7, 11) is 0. The highest BCUT2D eigenvalue weighted by molar-refractivity contribution is 5.91. The van der Waals surface area contributed by atoms with Gasteiger partial charge in [0.1, 0.15) is 0 Å². The Morgan fingerprint density at radius 2 is 1.87 bits per heavy atom. The number of esters is 1. The first-order valence-electron chi connectivity index (χ1n) is 11.5. The maximum Gasteiger partial charge on any atom is 0.339 e. The van der Waals surface area contributed by atoms with E-state index in [0.717, 1.165) is 44.9 Å². The predicted molar refractivity (Wildman–Crippen MR) is 116 cm³/mol. The van der Waals surface area contributed by atoms with Crippen LogP contribution in [0.25, 0.3) is 0 Å². The number of hydrogen-bond acceptors (Lipinski definition) is 3. The van der Waals surface area contributed by atoms with Gasteiger partial charge in [0.15, 0.2) is 11.4 Å². The van der Waals surface area contributed by atoms with Crippen molar-refractivity contribution in [1.82, 2.24) is 0 Å². The molecule has 30 heavy (non-hydrogen) atoms. The Bertz CT molecular complexity index is 939. The summed E-state index contributed by atoms with van der Waals surface area (Å²) in [5.74, 6) is 5.29. The van der Waals surface area contributed by atoms with Crippen LogP contribution in [0.5, 0.6) is 0 Å². The van der Waals surface area contributed by atoms with Crippen molar-refractivity contribution >= 4 is 11.8 Å². The molecule has 156 valence electrons. The molecule has 3 heteroatoms. The highest BCUT2D eigenvalue weighted by atomic mass is 16.6. The van der Waals surface area contributed by atoms with E-state index < -0.39 is 5.60 Å². The normalized spacial score (nSPS) is 39.7. The molecule has 0 radical (unpaired) electrons. The molecule has 0 aromatic heterocycles. The van der Waals surface area contributed by atoms with Gasteiger partial charge in [0.05, 0.1) is 5.56 Å². The van der Waals surface area contributed by atoms with Gasteiger partial charge >= 0.3 is 5.97 Å². The third-order valence-electron chi connectivity index (χ3n) is 8.93. The lowest BCUT2D eigenvalue weighted by Gasteiger charge is -2.55. The number of ketones is 1. The lowest BCUT2D eigenvalue weighted by molar-refractivity contribution is -0.116. The third kappa shape index (κ3) is 2.80. The van der Waals surface area contributed by atoms with E-state index in [1.807, 2.05) is 24.3 Å². The van der Waals surface area contributed by atoms with Gasteiger partial charge in [-0.15, -0.1) is 6.42 Å². The summed E-state index contributed by atoms with van der Waals surface area (Å²) in [5.41, 5.74) is 0.952. The molecule has 0 heterocycles. The molecule has 1 aromatic carbocycles. The topological polar surface area (TPSA) is 43.4 Å². The van der Waals surface area contributed by atoms with Crippen molar-refractivity contribution in [3.8, 4) is 12.3 Å². The average molecular weight is 403 g/mol. The van der Waals surface area contributed by atoms with E-state index in [1.54, 1.807) is 12.1 Å². The number of benzene rings is 1. The maximum atomic E-state index is 12.9. The monoisotopic (exact) mass is 402 g/mol. The van der Waals surface area contributed by atoms with Crippen LogP contribution in [-0.2, 0) is 9.53 Å². The van der Waals surface area contributed by atoms with Crippen molar-refractivity contribution in [1.29, 1.82) is 0 Å². The van der Waals surface area contributed by atoms with Gasteiger partial charge in [-0.05, 0) is 86.8 Å². The molecule has 0 aliphatic heterocycles. The molecule has 3 saturated carbocycles. The molecule has 0 spiro atoms. The fraction of sp³-hybridized carbons (Fsp3) is 0.556. The van der Waals surface area contributed by atoms with Gasteiger partial charge in [0, 0.05) is 11.8 Å². The van der Waals surface area contributed by atoms with Gasteiger partial charge in [-0.2, -0.15) is 0 Å². The molecule has 0 amide bonds. The molecule has 0 unspecified atom stereocenters. The Morgan fingerprint density at radius 3 is 2.63 bits per heavy atom. The third-order valence-corrected chi connectivity index (χ3v) is 8.93. The Hall–Kier alpha value is -2.34. The fourth-order valence-corrected chi connectivity index (χ4v) is 7.40. The van der Waals surface area contributed by atoms with E-state index >= 15 is 0 Å². The summed E-state index contributed by atoms with van der Waals surface area (Å²) in [5, 5.41) is 0. The molecule has 0 saturated heterocycles. The number of allylic oxidation sites excluding steroid dienone is 1. The summed E-state index contributed by atoms with van der Waals surface area (Å²) in [6.45, 7) is 2.27. The highest BCUT2D eigenvalue weighted by Crippen LogP contribution is 2.65. The highest BCUT2D eigenvalue weighted by Gasteiger charge is 2.64. The van der Waals surface area contributed by atoms with E-state index in [2.05, 4.69) is 12.8 Å². The molecule has 3 fully saturated rings. The second kappa shape index (κ2) is 7.12. The van der Waals surface area contributed by atoms with Crippen LogP contribution in [0, 0.1) is 41.4 Å². The van der Waals surface area contributed by atoms with Crippen LogP contribution >= 0.6 is 0 Å². The largest absolute Gasteiger partial charge is 0.442 e. The van der Waals surface area contributed by atoms with E-state index in [1.165, 1.54) is 5.57 Å². The van der Waals surface area contributed by atoms with Gasteiger partial charge in [-0.25, -0.2) is 4.79 Å². The van der Waals surface area contributed by atoms with E-state index in [0.29, 0.717) is 41.4 Å². The second-order valence-corrected chi connectivity index (χ2v) is 10.0. The quantitative estimate of drug-likeness (QED) is 0.494. The van der Waals surface area contributed by atoms with Crippen LogP contribution in [-0.4, -0.2) is 17.4 Å². The van der Waals surface area contributed by atoms with Crippen molar-refractivity contribution in [3.63, 3.8) is 0 Å². The molecular formula is C27H30O3. The van der Waals surface area contributed by atoms with Crippen molar-refractivity contribution in [3.05, 3.63) is 47.5 Å². The van der Waals surface area contributed by atoms with Crippen LogP contribution in [0.2, 0.25) is 0 Å². The van der Waals surface area contributed by atoms with Crippen LogP contribution < -0.4 is 0 Å². The molecule has 1 aromatic rings. The fourth-order valence-electron chi connectivity index (χ4n) is 7.40. The lowest BCUT2D eigenvalue weighted by Crippen LogP contribution is -2.53. The van der Waals surface area contributed by atoms with Crippen LogP contribution in [0.1, 0.15) is 68.6 Å². The van der Waals surface area contributed by atoms with Gasteiger partial charge in [-0.1, -0.05) is 36.6 Å². The van der Waals surface area contributed by atoms with Crippen molar-refractivity contribution in [2.75, 3.05) is 0 Å². The molecule has 4 aliphatic rings. The number of terminal acetylenes is 1. The van der Waals surface area contributed by atoms with Crippen LogP contribution in [0.15, 0.2) is 42.0 Å². The van der Waals surface area contributed by atoms with Crippen molar-refractivity contribution < 1.29 is 14.3 Å². The Kier molecular flexibility index (Phi) is 4.65. The number of carbonyl (C=O) groups is 2. The predicted octanol–water partition coefficient (Wildman–Crippen LogP) is 5.36. The molecule has 0 bridgehead atoms. The van der Waals surface area contributed by atoms with Gasteiger partial charge in [-0.3, -0.25) is 4.79 Å². The summed E-state index contributed by atoms with van der Waals surface area (Å²) in [4.78, 5) is 24.8. The van der Waals surface area contributed by atoms with Gasteiger partial charge in [0.25, 0.3) is 0 Å².